The second kappa shape index (κ2) is 6.97. The number of rotatable bonds is 6. The van der Waals surface area contributed by atoms with Crippen LogP contribution in [0, 0.1) is 25.2 Å². The van der Waals surface area contributed by atoms with E-state index in [1.165, 1.54) is 0 Å². The Balaban J connectivity index is 3.01. The molecule has 1 aromatic heterocycles. The summed E-state index contributed by atoms with van der Waals surface area (Å²) in [5, 5.41) is 9.26. The Kier molecular flexibility index (Phi) is 5.60. The fourth-order valence-corrected chi connectivity index (χ4v) is 1.96. The standard InChI is InChI=1S/C14H21N3O/c1-5-17(7-8-18-6-2)14-9-11(3)16-12(4)13(14)10-15/h9H,5-8H2,1-4H3. The number of aryl methyl sites for hydroxylation is 2. The predicted molar refractivity (Wildman–Crippen MR) is 72.8 cm³/mol. The Morgan fingerprint density at radius 1 is 1.39 bits per heavy atom. The first-order valence-corrected chi connectivity index (χ1v) is 6.35. The molecule has 98 valence electrons. The molecule has 1 heterocycles. The van der Waals surface area contributed by atoms with Crippen molar-refractivity contribution >= 4 is 5.69 Å². The number of aromatic nitrogens is 1. The molecule has 0 aliphatic rings. The minimum Gasteiger partial charge on any atom is -0.380 e. The van der Waals surface area contributed by atoms with Gasteiger partial charge in [0.25, 0.3) is 0 Å². The minimum absolute atomic E-state index is 0.666. The highest BCUT2D eigenvalue weighted by Crippen LogP contribution is 2.22. The summed E-state index contributed by atoms with van der Waals surface area (Å²) < 4.78 is 5.38. The van der Waals surface area contributed by atoms with Crippen LogP contribution >= 0.6 is 0 Å². The highest BCUT2D eigenvalue weighted by molar-refractivity contribution is 5.61. The first-order chi connectivity index (χ1) is 8.63. The Labute approximate surface area is 109 Å². The van der Waals surface area contributed by atoms with Crippen LogP contribution in [0.1, 0.15) is 30.8 Å². The molecule has 0 aliphatic heterocycles. The lowest BCUT2D eigenvalue weighted by atomic mass is 10.1. The van der Waals surface area contributed by atoms with Crippen LogP contribution in [0.4, 0.5) is 5.69 Å². The molecule has 0 radical (unpaired) electrons. The van der Waals surface area contributed by atoms with Crippen LogP contribution in [0.2, 0.25) is 0 Å². The molecule has 4 heteroatoms. The molecule has 0 fully saturated rings. The summed E-state index contributed by atoms with van der Waals surface area (Å²) in [5.41, 5.74) is 3.36. The lowest BCUT2D eigenvalue weighted by Crippen LogP contribution is -2.28. The van der Waals surface area contributed by atoms with E-state index in [1.54, 1.807) is 0 Å². The molecule has 0 saturated heterocycles. The van der Waals surface area contributed by atoms with Crippen LogP contribution in [0.5, 0.6) is 0 Å². The lowest BCUT2D eigenvalue weighted by Gasteiger charge is -2.24. The summed E-state index contributed by atoms with van der Waals surface area (Å²) >= 11 is 0. The summed E-state index contributed by atoms with van der Waals surface area (Å²) in [6, 6.07) is 4.22. The third-order valence-corrected chi connectivity index (χ3v) is 2.85. The average molecular weight is 247 g/mol. The molecule has 0 N–H and O–H groups in total. The van der Waals surface area contributed by atoms with Crippen LogP contribution < -0.4 is 4.90 Å². The molecule has 0 saturated carbocycles. The fraction of sp³-hybridized carbons (Fsp3) is 0.571. The van der Waals surface area contributed by atoms with Crippen molar-refractivity contribution in [1.82, 2.24) is 4.98 Å². The molecule has 0 aromatic carbocycles. The van der Waals surface area contributed by atoms with E-state index in [0.29, 0.717) is 12.2 Å². The van der Waals surface area contributed by atoms with Crippen molar-refractivity contribution in [3.05, 3.63) is 23.0 Å². The molecule has 0 spiro atoms. The lowest BCUT2D eigenvalue weighted by molar-refractivity contribution is 0.154. The van der Waals surface area contributed by atoms with Gasteiger partial charge in [-0.15, -0.1) is 0 Å². The van der Waals surface area contributed by atoms with E-state index >= 15 is 0 Å². The first kappa shape index (κ1) is 14.5. The first-order valence-electron chi connectivity index (χ1n) is 6.35. The summed E-state index contributed by atoms with van der Waals surface area (Å²) in [7, 11) is 0. The SMILES string of the molecule is CCOCCN(CC)c1cc(C)nc(C)c1C#N. The maximum absolute atomic E-state index is 9.26. The number of anilines is 1. The van der Waals surface area contributed by atoms with E-state index in [9.17, 15) is 5.26 Å². The molecule has 0 bridgehead atoms. The number of pyridine rings is 1. The Morgan fingerprint density at radius 2 is 2.11 bits per heavy atom. The summed E-state index contributed by atoms with van der Waals surface area (Å²) in [5.74, 6) is 0. The van der Waals surface area contributed by atoms with E-state index in [-0.39, 0.29) is 0 Å². The van der Waals surface area contributed by atoms with E-state index in [2.05, 4.69) is 22.9 Å². The van der Waals surface area contributed by atoms with Gasteiger partial charge >= 0.3 is 0 Å². The van der Waals surface area contributed by atoms with Gasteiger partial charge in [-0.1, -0.05) is 0 Å². The summed E-state index contributed by atoms with van der Waals surface area (Å²) in [4.78, 5) is 6.50. The molecule has 0 unspecified atom stereocenters. The second-order valence-corrected chi connectivity index (χ2v) is 4.13. The van der Waals surface area contributed by atoms with Crippen LogP contribution in [0.3, 0.4) is 0 Å². The number of ether oxygens (including phenoxy) is 1. The van der Waals surface area contributed by atoms with Crippen LogP contribution in [0.25, 0.3) is 0 Å². The van der Waals surface area contributed by atoms with E-state index in [1.807, 2.05) is 26.8 Å². The van der Waals surface area contributed by atoms with Gasteiger partial charge in [0.2, 0.25) is 0 Å². The third kappa shape index (κ3) is 3.44. The van der Waals surface area contributed by atoms with Gasteiger partial charge in [0.1, 0.15) is 6.07 Å². The topological polar surface area (TPSA) is 49.1 Å². The average Bonchev–Trinajstić information content (AvgIpc) is 2.34. The zero-order chi connectivity index (χ0) is 13.5. The maximum atomic E-state index is 9.26. The van der Waals surface area contributed by atoms with Gasteiger partial charge in [0, 0.05) is 25.4 Å². The molecule has 1 aromatic rings. The molecule has 18 heavy (non-hydrogen) atoms. The molecule has 0 atom stereocenters. The van der Waals surface area contributed by atoms with Gasteiger partial charge in [-0.05, 0) is 33.8 Å². The Bertz CT molecular complexity index is 437. The van der Waals surface area contributed by atoms with Gasteiger partial charge in [0.05, 0.1) is 23.6 Å². The molecular formula is C14H21N3O. The van der Waals surface area contributed by atoms with Crippen molar-refractivity contribution in [3.8, 4) is 6.07 Å². The van der Waals surface area contributed by atoms with Gasteiger partial charge < -0.3 is 9.64 Å². The molecule has 0 amide bonds. The van der Waals surface area contributed by atoms with Crippen molar-refractivity contribution in [2.24, 2.45) is 0 Å². The highest BCUT2D eigenvalue weighted by Gasteiger charge is 2.13. The Hall–Kier alpha value is -1.60. The molecule has 4 nitrogen and oxygen atoms in total. The van der Waals surface area contributed by atoms with Gasteiger partial charge in [0.15, 0.2) is 0 Å². The van der Waals surface area contributed by atoms with Crippen LogP contribution in [-0.2, 0) is 4.74 Å². The van der Waals surface area contributed by atoms with Crippen LogP contribution in [-0.4, -0.2) is 31.3 Å². The van der Waals surface area contributed by atoms with E-state index in [4.69, 9.17) is 4.74 Å². The zero-order valence-corrected chi connectivity index (χ0v) is 11.7. The number of hydrogen-bond donors (Lipinski definition) is 0. The van der Waals surface area contributed by atoms with Gasteiger partial charge in [-0.25, -0.2) is 0 Å². The fourth-order valence-electron chi connectivity index (χ4n) is 1.96. The number of hydrogen-bond acceptors (Lipinski definition) is 4. The van der Waals surface area contributed by atoms with E-state index < -0.39 is 0 Å². The number of likely N-dealkylation sites (N-methyl/N-ethyl adjacent to an activating group) is 1. The Morgan fingerprint density at radius 3 is 2.67 bits per heavy atom. The van der Waals surface area contributed by atoms with Crippen molar-refractivity contribution in [2.45, 2.75) is 27.7 Å². The normalized spacial score (nSPS) is 10.2. The quantitative estimate of drug-likeness (QED) is 0.724. The van der Waals surface area contributed by atoms with Crippen molar-refractivity contribution in [3.63, 3.8) is 0 Å². The summed E-state index contributed by atoms with van der Waals surface area (Å²) in [6.45, 7) is 10.9. The number of nitriles is 1. The minimum atomic E-state index is 0.666. The monoisotopic (exact) mass is 247 g/mol. The van der Waals surface area contributed by atoms with Gasteiger partial charge in [-0.2, -0.15) is 5.26 Å². The molecule has 1 rings (SSSR count). The van der Waals surface area contributed by atoms with E-state index in [0.717, 1.165) is 36.8 Å². The number of nitrogens with zero attached hydrogens (tertiary/aromatic N) is 3. The third-order valence-electron chi connectivity index (χ3n) is 2.85. The van der Waals surface area contributed by atoms with Gasteiger partial charge in [-0.3, -0.25) is 4.98 Å². The molecular weight excluding hydrogens is 226 g/mol. The summed E-state index contributed by atoms with van der Waals surface area (Å²) in [6.07, 6.45) is 0. The highest BCUT2D eigenvalue weighted by atomic mass is 16.5. The zero-order valence-electron chi connectivity index (χ0n) is 11.7. The van der Waals surface area contributed by atoms with Crippen molar-refractivity contribution in [1.29, 1.82) is 5.26 Å². The molecule has 0 aliphatic carbocycles. The smallest absolute Gasteiger partial charge is 0.103 e. The van der Waals surface area contributed by atoms with Crippen molar-refractivity contribution in [2.75, 3.05) is 31.2 Å². The predicted octanol–water partition coefficient (Wildman–Crippen LogP) is 2.43. The second-order valence-electron chi connectivity index (χ2n) is 4.13. The maximum Gasteiger partial charge on any atom is 0.103 e. The van der Waals surface area contributed by atoms with Crippen LogP contribution in [0.15, 0.2) is 6.07 Å². The largest absolute Gasteiger partial charge is 0.380 e. The van der Waals surface area contributed by atoms with Crippen molar-refractivity contribution < 1.29 is 4.74 Å².